The molecule has 29 heavy (non-hydrogen) atoms. The zero-order valence-electron chi connectivity index (χ0n) is 17.3. The lowest BCUT2D eigenvalue weighted by Crippen LogP contribution is -2.51. The van der Waals surface area contributed by atoms with Crippen LogP contribution < -0.4 is 4.90 Å². The number of para-hydroxylation sites is 1. The summed E-state index contributed by atoms with van der Waals surface area (Å²) < 4.78 is 0. The van der Waals surface area contributed by atoms with Crippen LogP contribution in [0.1, 0.15) is 44.9 Å². The Labute approximate surface area is 174 Å². The van der Waals surface area contributed by atoms with E-state index >= 15 is 0 Å². The van der Waals surface area contributed by atoms with Crippen LogP contribution in [0.25, 0.3) is 0 Å². The first-order chi connectivity index (χ1) is 14.2. The second-order valence-corrected chi connectivity index (χ2v) is 8.14. The number of nitriles is 1. The van der Waals surface area contributed by atoms with Crippen LogP contribution >= 0.6 is 0 Å². The predicted octanol–water partition coefficient (Wildman–Crippen LogP) is 3.05. The molecule has 1 saturated carbocycles. The van der Waals surface area contributed by atoms with Gasteiger partial charge in [-0.25, -0.2) is 0 Å². The number of rotatable bonds is 8. The van der Waals surface area contributed by atoms with Crippen molar-refractivity contribution in [1.29, 1.82) is 5.26 Å². The van der Waals surface area contributed by atoms with Crippen LogP contribution in [0.2, 0.25) is 0 Å². The summed E-state index contributed by atoms with van der Waals surface area (Å²) >= 11 is 0. The zero-order valence-corrected chi connectivity index (χ0v) is 17.3. The first-order valence-corrected chi connectivity index (χ1v) is 10.9. The van der Waals surface area contributed by atoms with Crippen LogP contribution in [0, 0.1) is 17.2 Å². The van der Waals surface area contributed by atoms with Crippen LogP contribution in [-0.2, 0) is 9.59 Å². The number of hydrogen-bond acceptors (Lipinski definition) is 4. The van der Waals surface area contributed by atoms with E-state index in [0.29, 0.717) is 39.0 Å². The van der Waals surface area contributed by atoms with Gasteiger partial charge in [0.25, 0.3) is 0 Å². The Balaban J connectivity index is 1.45. The fourth-order valence-corrected chi connectivity index (χ4v) is 4.38. The Morgan fingerprint density at radius 1 is 1.07 bits per heavy atom. The number of amides is 2. The number of benzene rings is 1. The van der Waals surface area contributed by atoms with Gasteiger partial charge in [0.15, 0.2) is 0 Å². The Morgan fingerprint density at radius 3 is 2.41 bits per heavy atom. The van der Waals surface area contributed by atoms with Gasteiger partial charge in [-0.2, -0.15) is 5.26 Å². The minimum atomic E-state index is 0.00691. The largest absolute Gasteiger partial charge is 0.340 e. The molecule has 1 aromatic rings. The zero-order chi connectivity index (χ0) is 20.5. The summed E-state index contributed by atoms with van der Waals surface area (Å²) in [4.78, 5) is 31.1. The third-order valence-corrected chi connectivity index (χ3v) is 6.14. The van der Waals surface area contributed by atoms with E-state index in [1.165, 1.54) is 25.7 Å². The van der Waals surface area contributed by atoms with Crippen LogP contribution in [0.4, 0.5) is 5.69 Å². The highest BCUT2D eigenvalue weighted by Crippen LogP contribution is 2.28. The number of carbonyl (C=O) groups excluding carboxylic acids is 2. The van der Waals surface area contributed by atoms with Crippen molar-refractivity contribution >= 4 is 17.5 Å². The highest BCUT2D eigenvalue weighted by Gasteiger charge is 2.25. The summed E-state index contributed by atoms with van der Waals surface area (Å²) in [6, 6.07) is 11.6. The van der Waals surface area contributed by atoms with Gasteiger partial charge in [-0.05, 0) is 24.5 Å². The van der Waals surface area contributed by atoms with Gasteiger partial charge in [-0.15, -0.1) is 0 Å². The second kappa shape index (κ2) is 11.0. The SMILES string of the molecule is N#CCCN(C(=O)CN1CCN(C(=O)CCC2CCCC2)CC1)c1ccccc1. The van der Waals surface area contributed by atoms with Gasteiger partial charge in [-0.1, -0.05) is 43.9 Å². The van der Waals surface area contributed by atoms with Gasteiger partial charge in [0.1, 0.15) is 0 Å². The van der Waals surface area contributed by atoms with Crippen LogP contribution in [0.15, 0.2) is 30.3 Å². The summed E-state index contributed by atoms with van der Waals surface area (Å²) in [5.41, 5.74) is 0.827. The minimum absolute atomic E-state index is 0.00691. The average molecular weight is 397 g/mol. The van der Waals surface area contributed by atoms with Crippen molar-refractivity contribution in [3.63, 3.8) is 0 Å². The van der Waals surface area contributed by atoms with Crippen LogP contribution in [-0.4, -0.2) is 60.9 Å². The molecule has 0 spiro atoms. The Hall–Kier alpha value is -2.39. The van der Waals surface area contributed by atoms with E-state index in [0.717, 1.165) is 31.1 Å². The van der Waals surface area contributed by atoms with Crippen molar-refractivity contribution in [2.75, 3.05) is 44.2 Å². The summed E-state index contributed by atoms with van der Waals surface area (Å²) in [6.45, 7) is 3.56. The Morgan fingerprint density at radius 2 is 1.76 bits per heavy atom. The van der Waals surface area contributed by atoms with E-state index in [9.17, 15) is 9.59 Å². The monoisotopic (exact) mass is 396 g/mol. The minimum Gasteiger partial charge on any atom is -0.340 e. The highest BCUT2D eigenvalue weighted by atomic mass is 16.2. The molecule has 0 radical (unpaired) electrons. The predicted molar refractivity (Wildman–Crippen MR) is 113 cm³/mol. The quantitative estimate of drug-likeness (QED) is 0.677. The molecule has 0 atom stereocenters. The number of piperazine rings is 1. The first kappa shape index (κ1) is 21.3. The van der Waals surface area contributed by atoms with Crippen molar-refractivity contribution in [3.8, 4) is 6.07 Å². The van der Waals surface area contributed by atoms with Crippen LogP contribution in [0.5, 0.6) is 0 Å². The third kappa shape index (κ3) is 6.30. The molecule has 1 aromatic carbocycles. The number of nitrogens with zero attached hydrogens (tertiary/aromatic N) is 4. The van der Waals surface area contributed by atoms with Gasteiger partial charge in [0, 0.05) is 44.8 Å². The molecule has 0 aromatic heterocycles. The van der Waals surface area contributed by atoms with E-state index < -0.39 is 0 Å². The molecule has 0 N–H and O–H groups in total. The lowest BCUT2D eigenvalue weighted by atomic mass is 10.0. The molecule has 1 aliphatic heterocycles. The molecular weight excluding hydrogens is 364 g/mol. The van der Waals surface area contributed by atoms with E-state index in [1.807, 2.05) is 35.2 Å². The first-order valence-electron chi connectivity index (χ1n) is 10.9. The van der Waals surface area contributed by atoms with Crippen molar-refractivity contribution in [2.45, 2.75) is 44.9 Å². The Kier molecular flexibility index (Phi) is 8.06. The molecule has 1 aliphatic carbocycles. The van der Waals surface area contributed by atoms with Crippen molar-refractivity contribution in [1.82, 2.24) is 9.80 Å². The lowest BCUT2D eigenvalue weighted by Gasteiger charge is -2.35. The van der Waals surface area contributed by atoms with Crippen molar-refractivity contribution < 1.29 is 9.59 Å². The number of carbonyl (C=O) groups is 2. The molecule has 1 heterocycles. The molecule has 2 aliphatic rings. The van der Waals surface area contributed by atoms with Gasteiger partial charge < -0.3 is 9.80 Å². The summed E-state index contributed by atoms with van der Waals surface area (Å²) in [7, 11) is 0. The molecule has 0 bridgehead atoms. The Bertz CT molecular complexity index is 701. The molecule has 1 saturated heterocycles. The number of hydrogen-bond donors (Lipinski definition) is 0. The van der Waals surface area contributed by atoms with E-state index in [1.54, 1.807) is 4.90 Å². The maximum Gasteiger partial charge on any atom is 0.241 e. The maximum absolute atomic E-state index is 12.9. The van der Waals surface area contributed by atoms with Gasteiger partial charge in [0.2, 0.25) is 11.8 Å². The third-order valence-electron chi connectivity index (χ3n) is 6.14. The van der Waals surface area contributed by atoms with Crippen molar-refractivity contribution in [2.24, 2.45) is 5.92 Å². The summed E-state index contributed by atoms with van der Waals surface area (Å²) in [6.07, 6.45) is 7.21. The highest BCUT2D eigenvalue weighted by molar-refractivity contribution is 5.94. The second-order valence-electron chi connectivity index (χ2n) is 8.14. The molecule has 2 amide bonds. The molecular formula is C23H32N4O2. The molecule has 0 unspecified atom stereocenters. The summed E-state index contributed by atoms with van der Waals surface area (Å²) in [5, 5.41) is 8.92. The summed E-state index contributed by atoms with van der Waals surface area (Å²) in [5.74, 6) is 1.02. The van der Waals surface area contributed by atoms with Gasteiger partial charge >= 0.3 is 0 Å². The normalized spacial score (nSPS) is 17.8. The smallest absolute Gasteiger partial charge is 0.241 e. The van der Waals surface area contributed by atoms with Crippen molar-refractivity contribution in [3.05, 3.63) is 30.3 Å². The fourth-order valence-electron chi connectivity index (χ4n) is 4.38. The number of anilines is 1. The molecule has 156 valence electrons. The van der Waals surface area contributed by atoms with E-state index in [-0.39, 0.29) is 11.8 Å². The molecule has 2 fully saturated rings. The van der Waals surface area contributed by atoms with Gasteiger partial charge in [-0.3, -0.25) is 14.5 Å². The van der Waals surface area contributed by atoms with E-state index in [2.05, 4.69) is 11.0 Å². The van der Waals surface area contributed by atoms with Crippen LogP contribution in [0.3, 0.4) is 0 Å². The molecule has 3 rings (SSSR count). The lowest BCUT2D eigenvalue weighted by molar-refractivity contribution is -0.133. The molecule has 6 heteroatoms. The molecule has 6 nitrogen and oxygen atoms in total. The maximum atomic E-state index is 12.9. The standard InChI is InChI=1S/C23H32N4O2/c24-13-6-14-27(21-9-2-1-3-10-21)23(29)19-25-15-17-26(18-16-25)22(28)12-11-20-7-4-5-8-20/h1-3,9-10,20H,4-8,11-12,14-19H2. The van der Waals surface area contributed by atoms with E-state index in [4.69, 9.17) is 5.26 Å². The van der Waals surface area contributed by atoms with Gasteiger partial charge in [0.05, 0.1) is 19.0 Å². The fraction of sp³-hybridized carbons (Fsp3) is 0.609. The topological polar surface area (TPSA) is 67.7 Å². The average Bonchev–Trinajstić information content (AvgIpc) is 3.27.